The monoisotopic (exact) mass is 348 g/mol. The Hall–Kier alpha value is -1.70. The quantitative estimate of drug-likeness (QED) is 0.628. The highest BCUT2D eigenvalue weighted by atomic mass is 14.9. The molecule has 2 aliphatic carbocycles. The third-order valence-corrected chi connectivity index (χ3v) is 6.92. The third kappa shape index (κ3) is 4.00. The normalized spacial score (nSPS) is 29.5. The highest BCUT2D eigenvalue weighted by Crippen LogP contribution is 2.43. The minimum Gasteiger partial charge on any atom is -0.240 e. The van der Waals surface area contributed by atoms with Crippen LogP contribution >= 0.6 is 0 Å². The third-order valence-electron chi connectivity index (χ3n) is 6.92. The van der Waals surface area contributed by atoms with E-state index in [9.17, 15) is 0 Å². The van der Waals surface area contributed by atoms with Crippen LogP contribution < -0.4 is 0 Å². The number of benzene rings is 1. The van der Waals surface area contributed by atoms with Gasteiger partial charge in [0.25, 0.3) is 0 Å². The molecule has 0 bridgehead atoms. The highest BCUT2D eigenvalue weighted by Gasteiger charge is 2.31. The van der Waals surface area contributed by atoms with Gasteiger partial charge in [-0.3, -0.25) is 0 Å². The average Bonchev–Trinajstić information content (AvgIpc) is 2.70. The molecule has 0 atom stereocenters. The first-order valence-electron chi connectivity index (χ1n) is 10.6. The van der Waals surface area contributed by atoms with Gasteiger partial charge in [-0.25, -0.2) is 9.97 Å². The summed E-state index contributed by atoms with van der Waals surface area (Å²) in [5.74, 6) is 4.56. The number of hydrogen-bond donors (Lipinski definition) is 0. The standard InChI is InChI=1S/C24H32N2/c1-17-3-7-19(8-4-17)20-11-13-22(14-12-20)24-25-15-23(16-26-24)21-9-5-18(2)6-10-21/h5-6,9-10,15-17,19-20,22H,3-4,7-8,11-14H2,1-2H3. The summed E-state index contributed by atoms with van der Waals surface area (Å²) in [6, 6.07) is 8.61. The van der Waals surface area contributed by atoms with Gasteiger partial charge < -0.3 is 0 Å². The Morgan fingerprint density at radius 3 is 1.81 bits per heavy atom. The summed E-state index contributed by atoms with van der Waals surface area (Å²) in [5.41, 5.74) is 3.62. The average molecular weight is 349 g/mol. The first-order valence-corrected chi connectivity index (χ1v) is 10.6. The van der Waals surface area contributed by atoms with Crippen LogP contribution in [0.4, 0.5) is 0 Å². The summed E-state index contributed by atoms with van der Waals surface area (Å²) < 4.78 is 0. The molecule has 138 valence electrons. The van der Waals surface area contributed by atoms with E-state index in [2.05, 4.69) is 38.1 Å². The summed E-state index contributed by atoms with van der Waals surface area (Å²) in [4.78, 5) is 9.48. The molecule has 2 aromatic rings. The number of rotatable bonds is 3. The second-order valence-electron chi connectivity index (χ2n) is 8.83. The minimum absolute atomic E-state index is 0.570. The topological polar surface area (TPSA) is 25.8 Å². The van der Waals surface area contributed by atoms with Crippen LogP contribution in [0, 0.1) is 24.7 Å². The maximum absolute atomic E-state index is 4.74. The zero-order chi connectivity index (χ0) is 17.9. The molecule has 26 heavy (non-hydrogen) atoms. The van der Waals surface area contributed by atoms with Gasteiger partial charge in [0.1, 0.15) is 5.82 Å². The molecule has 0 saturated heterocycles. The molecule has 4 rings (SSSR count). The Labute approximate surface area is 158 Å². The largest absolute Gasteiger partial charge is 0.240 e. The Morgan fingerprint density at radius 2 is 1.23 bits per heavy atom. The van der Waals surface area contributed by atoms with Crippen LogP contribution in [0.3, 0.4) is 0 Å². The molecule has 1 heterocycles. The van der Waals surface area contributed by atoms with Gasteiger partial charge in [0.2, 0.25) is 0 Å². The molecule has 0 N–H and O–H groups in total. The SMILES string of the molecule is Cc1ccc(-c2cnc(C3CCC(C4CCC(C)CC4)CC3)nc2)cc1. The number of nitrogens with zero attached hydrogens (tertiary/aromatic N) is 2. The van der Waals surface area contributed by atoms with E-state index in [0.717, 1.165) is 29.1 Å². The Bertz CT molecular complexity index is 688. The lowest BCUT2D eigenvalue weighted by Crippen LogP contribution is -2.25. The Balaban J connectivity index is 1.35. The molecule has 2 saturated carbocycles. The van der Waals surface area contributed by atoms with E-state index in [1.54, 1.807) is 0 Å². The van der Waals surface area contributed by atoms with Crippen LogP contribution in [0.5, 0.6) is 0 Å². The van der Waals surface area contributed by atoms with Crippen LogP contribution in [0.25, 0.3) is 11.1 Å². The van der Waals surface area contributed by atoms with Gasteiger partial charge >= 0.3 is 0 Å². The molecule has 1 aromatic carbocycles. The zero-order valence-corrected chi connectivity index (χ0v) is 16.3. The van der Waals surface area contributed by atoms with E-state index in [0.29, 0.717) is 5.92 Å². The first-order chi connectivity index (χ1) is 12.7. The molecule has 0 radical (unpaired) electrons. The second-order valence-corrected chi connectivity index (χ2v) is 8.83. The Kier molecular flexibility index (Phi) is 5.38. The van der Waals surface area contributed by atoms with E-state index < -0.39 is 0 Å². The molecule has 0 unspecified atom stereocenters. The lowest BCUT2D eigenvalue weighted by molar-refractivity contribution is 0.163. The molecule has 2 nitrogen and oxygen atoms in total. The second kappa shape index (κ2) is 7.90. The van der Waals surface area contributed by atoms with Crippen LogP contribution in [0.15, 0.2) is 36.7 Å². The van der Waals surface area contributed by atoms with Gasteiger partial charge in [0.05, 0.1) is 0 Å². The zero-order valence-electron chi connectivity index (χ0n) is 16.3. The molecular formula is C24H32N2. The first kappa shape index (κ1) is 17.7. The summed E-state index contributed by atoms with van der Waals surface area (Å²) in [7, 11) is 0. The number of aryl methyl sites for hydroxylation is 1. The summed E-state index contributed by atoms with van der Waals surface area (Å²) in [6.07, 6.45) is 15.2. The molecule has 2 heteroatoms. The molecular weight excluding hydrogens is 316 g/mol. The van der Waals surface area contributed by atoms with E-state index >= 15 is 0 Å². The fourth-order valence-corrected chi connectivity index (χ4v) is 5.05. The van der Waals surface area contributed by atoms with Crippen molar-refractivity contribution in [1.82, 2.24) is 9.97 Å². The van der Waals surface area contributed by atoms with Gasteiger partial charge in [-0.05, 0) is 68.8 Å². The van der Waals surface area contributed by atoms with Crippen LogP contribution in [0.1, 0.15) is 75.6 Å². The number of aromatic nitrogens is 2. The molecule has 2 aliphatic rings. The van der Waals surface area contributed by atoms with E-state index in [1.165, 1.54) is 62.5 Å². The van der Waals surface area contributed by atoms with Crippen LogP contribution in [-0.2, 0) is 0 Å². The van der Waals surface area contributed by atoms with Gasteiger partial charge in [0.15, 0.2) is 0 Å². The van der Waals surface area contributed by atoms with E-state index in [-0.39, 0.29) is 0 Å². The van der Waals surface area contributed by atoms with Crippen molar-refractivity contribution < 1.29 is 0 Å². The van der Waals surface area contributed by atoms with Crippen molar-refractivity contribution >= 4 is 0 Å². The van der Waals surface area contributed by atoms with Crippen molar-refractivity contribution in [2.24, 2.45) is 17.8 Å². The van der Waals surface area contributed by atoms with Gasteiger partial charge in [-0.2, -0.15) is 0 Å². The fourth-order valence-electron chi connectivity index (χ4n) is 5.05. The van der Waals surface area contributed by atoms with Crippen molar-refractivity contribution in [2.45, 2.75) is 71.1 Å². The smallest absolute Gasteiger partial charge is 0.131 e. The van der Waals surface area contributed by atoms with Crippen LogP contribution in [-0.4, -0.2) is 9.97 Å². The van der Waals surface area contributed by atoms with Crippen molar-refractivity contribution in [2.75, 3.05) is 0 Å². The minimum atomic E-state index is 0.570. The highest BCUT2D eigenvalue weighted by molar-refractivity contribution is 5.61. The van der Waals surface area contributed by atoms with Gasteiger partial charge in [-0.1, -0.05) is 49.6 Å². The van der Waals surface area contributed by atoms with Crippen molar-refractivity contribution in [1.29, 1.82) is 0 Å². The summed E-state index contributed by atoms with van der Waals surface area (Å²) >= 11 is 0. The number of hydrogen-bond acceptors (Lipinski definition) is 2. The maximum Gasteiger partial charge on any atom is 0.131 e. The predicted molar refractivity (Wildman–Crippen MR) is 108 cm³/mol. The Morgan fingerprint density at radius 1 is 0.692 bits per heavy atom. The van der Waals surface area contributed by atoms with Gasteiger partial charge in [0, 0.05) is 23.9 Å². The molecule has 0 spiro atoms. The van der Waals surface area contributed by atoms with E-state index in [4.69, 9.17) is 9.97 Å². The van der Waals surface area contributed by atoms with Crippen molar-refractivity contribution in [3.05, 3.63) is 48.0 Å². The van der Waals surface area contributed by atoms with Crippen molar-refractivity contribution in [3.8, 4) is 11.1 Å². The lowest BCUT2D eigenvalue weighted by atomic mass is 9.69. The summed E-state index contributed by atoms with van der Waals surface area (Å²) in [5, 5.41) is 0. The fraction of sp³-hybridized carbons (Fsp3) is 0.583. The predicted octanol–water partition coefficient (Wildman–Crippen LogP) is 6.55. The van der Waals surface area contributed by atoms with Crippen molar-refractivity contribution in [3.63, 3.8) is 0 Å². The summed E-state index contributed by atoms with van der Waals surface area (Å²) in [6.45, 7) is 4.54. The van der Waals surface area contributed by atoms with Gasteiger partial charge in [-0.15, -0.1) is 0 Å². The lowest BCUT2D eigenvalue weighted by Gasteiger charge is -2.36. The molecule has 1 aromatic heterocycles. The molecule has 0 aliphatic heterocycles. The molecule has 0 amide bonds. The van der Waals surface area contributed by atoms with Crippen LogP contribution in [0.2, 0.25) is 0 Å². The van der Waals surface area contributed by atoms with E-state index in [1.807, 2.05) is 12.4 Å². The maximum atomic E-state index is 4.74. The molecule has 2 fully saturated rings.